The number of carbonyl (C=O) groups excluding carboxylic acids is 1. The minimum absolute atomic E-state index is 0.139. The lowest BCUT2D eigenvalue weighted by molar-refractivity contribution is -0.109. The molecule has 0 N–H and O–H groups in total. The molecule has 0 aliphatic heterocycles. The van der Waals surface area contributed by atoms with Crippen LogP contribution in [0.25, 0.3) is 0 Å². The Morgan fingerprint density at radius 1 is 1.55 bits per heavy atom. The van der Waals surface area contributed by atoms with Gasteiger partial charge in [0.2, 0.25) is 0 Å². The molecule has 11 heavy (non-hydrogen) atoms. The van der Waals surface area contributed by atoms with Crippen LogP contribution in [0, 0.1) is 0 Å². The van der Waals surface area contributed by atoms with Crippen LogP contribution in [0.2, 0.25) is 0 Å². The highest BCUT2D eigenvalue weighted by atomic mass is 79.9. The Bertz CT molecular complexity index is 292. The highest BCUT2D eigenvalue weighted by Gasteiger charge is 2.27. The van der Waals surface area contributed by atoms with Crippen molar-refractivity contribution in [3.63, 3.8) is 0 Å². The number of hydrogen-bond acceptors (Lipinski definition) is 1. The normalized spacial score (nSPS) is 20.3. The first kappa shape index (κ1) is 7.04. The number of carbonyl (C=O) groups is 1. The van der Waals surface area contributed by atoms with E-state index in [2.05, 4.69) is 22.0 Å². The van der Waals surface area contributed by atoms with Gasteiger partial charge in [-0.1, -0.05) is 28.1 Å². The molecular formula is C9H7BrO. The maximum absolute atomic E-state index is 10.5. The Balaban J connectivity index is 2.51. The fraction of sp³-hybridized carbons (Fsp3) is 0.222. The molecule has 0 spiro atoms. The van der Waals surface area contributed by atoms with Gasteiger partial charge >= 0.3 is 0 Å². The smallest absolute Gasteiger partial charge is 0.127 e. The molecule has 1 unspecified atom stereocenters. The zero-order chi connectivity index (χ0) is 7.84. The van der Waals surface area contributed by atoms with Gasteiger partial charge < -0.3 is 4.79 Å². The molecule has 0 heterocycles. The monoisotopic (exact) mass is 210 g/mol. The largest absolute Gasteiger partial charge is 0.303 e. The average molecular weight is 211 g/mol. The van der Waals surface area contributed by atoms with Crippen molar-refractivity contribution in [3.8, 4) is 0 Å². The molecule has 2 rings (SSSR count). The first-order valence-corrected chi connectivity index (χ1v) is 4.35. The van der Waals surface area contributed by atoms with Gasteiger partial charge in [0.1, 0.15) is 6.29 Å². The Labute approximate surface area is 73.5 Å². The second-order valence-corrected chi connectivity index (χ2v) is 3.61. The molecular weight excluding hydrogens is 204 g/mol. The number of benzene rings is 1. The summed E-state index contributed by atoms with van der Waals surface area (Å²) in [5, 5.41) is 0. The highest BCUT2D eigenvalue weighted by molar-refractivity contribution is 9.10. The first-order valence-electron chi connectivity index (χ1n) is 3.55. The summed E-state index contributed by atoms with van der Waals surface area (Å²) in [4.78, 5) is 10.5. The Kier molecular flexibility index (Phi) is 1.57. The standard InChI is InChI=1S/C9H7BrO/c10-8-3-1-2-6-4-7(5-11)9(6)8/h1-3,5,7H,4H2. The van der Waals surface area contributed by atoms with Crippen LogP contribution < -0.4 is 0 Å². The first-order chi connectivity index (χ1) is 5.33. The fourth-order valence-electron chi connectivity index (χ4n) is 1.50. The second-order valence-electron chi connectivity index (χ2n) is 2.76. The minimum Gasteiger partial charge on any atom is -0.303 e. The van der Waals surface area contributed by atoms with Crippen LogP contribution in [-0.2, 0) is 11.2 Å². The maximum atomic E-state index is 10.5. The molecule has 0 radical (unpaired) electrons. The molecule has 1 aliphatic carbocycles. The molecule has 1 atom stereocenters. The van der Waals surface area contributed by atoms with Crippen LogP contribution in [-0.4, -0.2) is 6.29 Å². The molecule has 1 nitrogen and oxygen atoms in total. The van der Waals surface area contributed by atoms with E-state index in [1.165, 1.54) is 11.1 Å². The van der Waals surface area contributed by atoms with Crippen molar-refractivity contribution in [2.24, 2.45) is 0 Å². The lowest BCUT2D eigenvalue weighted by Gasteiger charge is -2.26. The summed E-state index contributed by atoms with van der Waals surface area (Å²) in [7, 11) is 0. The van der Waals surface area contributed by atoms with Crippen molar-refractivity contribution < 1.29 is 4.79 Å². The number of fused-ring (bicyclic) bond motifs is 1. The quantitative estimate of drug-likeness (QED) is 0.651. The molecule has 2 heteroatoms. The molecule has 0 amide bonds. The van der Waals surface area contributed by atoms with Gasteiger partial charge in [-0.2, -0.15) is 0 Å². The van der Waals surface area contributed by atoms with Crippen molar-refractivity contribution in [1.82, 2.24) is 0 Å². The van der Waals surface area contributed by atoms with Crippen molar-refractivity contribution >= 4 is 22.2 Å². The Hall–Kier alpha value is -0.630. The molecule has 0 fully saturated rings. The Morgan fingerprint density at radius 2 is 2.36 bits per heavy atom. The van der Waals surface area contributed by atoms with Crippen LogP contribution in [0.15, 0.2) is 22.7 Å². The van der Waals surface area contributed by atoms with E-state index < -0.39 is 0 Å². The lowest BCUT2D eigenvalue weighted by Crippen LogP contribution is -2.18. The van der Waals surface area contributed by atoms with Gasteiger partial charge in [0, 0.05) is 10.4 Å². The zero-order valence-electron chi connectivity index (χ0n) is 5.88. The fourth-order valence-corrected chi connectivity index (χ4v) is 2.20. The summed E-state index contributed by atoms with van der Waals surface area (Å²) in [6.07, 6.45) is 1.94. The van der Waals surface area contributed by atoms with Gasteiger partial charge in [-0.3, -0.25) is 0 Å². The minimum atomic E-state index is 0.139. The number of halogens is 1. The van der Waals surface area contributed by atoms with Gasteiger partial charge in [-0.15, -0.1) is 0 Å². The van der Waals surface area contributed by atoms with E-state index in [4.69, 9.17) is 0 Å². The Morgan fingerprint density at radius 3 is 3.00 bits per heavy atom. The summed E-state index contributed by atoms with van der Waals surface area (Å²) < 4.78 is 1.07. The van der Waals surface area contributed by atoms with Gasteiger partial charge in [-0.05, 0) is 23.6 Å². The molecule has 0 bridgehead atoms. The van der Waals surface area contributed by atoms with E-state index in [0.29, 0.717) is 0 Å². The maximum Gasteiger partial charge on any atom is 0.127 e. The van der Waals surface area contributed by atoms with E-state index in [9.17, 15) is 4.79 Å². The summed E-state index contributed by atoms with van der Waals surface area (Å²) in [5.74, 6) is 0.139. The van der Waals surface area contributed by atoms with Crippen molar-refractivity contribution in [2.45, 2.75) is 12.3 Å². The number of rotatable bonds is 1. The van der Waals surface area contributed by atoms with E-state index in [0.717, 1.165) is 17.2 Å². The van der Waals surface area contributed by atoms with Gasteiger partial charge in [0.25, 0.3) is 0 Å². The van der Waals surface area contributed by atoms with Crippen molar-refractivity contribution in [3.05, 3.63) is 33.8 Å². The molecule has 0 saturated heterocycles. The van der Waals surface area contributed by atoms with Crippen LogP contribution in [0.4, 0.5) is 0 Å². The molecule has 1 aliphatic rings. The van der Waals surface area contributed by atoms with Crippen LogP contribution in [0.5, 0.6) is 0 Å². The van der Waals surface area contributed by atoms with Crippen molar-refractivity contribution in [1.29, 1.82) is 0 Å². The van der Waals surface area contributed by atoms with E-state index in [-0.39, 0.29) is 5.92 Å². The van der Waals surface area contributed by atoms with Gasteiger partial charge in [-0.25, -0.2) is 0 Å². The predicted molar refractivity (Wildman–Crippen MR) is 46.7 cm³/mol. The topological polar surface area (TPSA) is 17.1 Å². The summed E-state index contributed by atoms with van der Waals surface area (Å²) in [6, 6.07) is 6.05. The second kappa shape index (κ2) is 2.45. The molecule has 56 valence electrons. The van der Waals surface area contributed by atoms with Crippen LogP contribution in [0.3, 0.4) is 0 Å². The zero-order valence-corrected chi connectivity index (χ0v) is 7.47. The van der Waals surface area contributed by atoms with Crippen LogP contribution in [0.1, 0.15) is 17.0 Å². The molecule has 0 aromatic heterocycles. The third kappa shape index (κ3) is 0.932. The van der Waals surface area contributed by atoms with E-state index in [1.54, 1.807) is 0 Å². The molecule has 1 aromatic rings. The van der Waals surface area contributed by atoms with E-state index in [1.807, 2.05) is 12.1 Å². The lowest BCUT2D eigenvalue weighted by atomic mass is 9.79. The van der Waals surface area contributed by atoms with Gasteiger partial charge in [0.15, 0.2) is 0 Å². The van der Waals surface area contributed by atoms with Gasteiger partial charge in [0.05, 0.1) is 0 Å². The third-order valence-electron chi connectivity index (χ3n) is 2.12. The average Bonchev–Trinajstić information content (AvgIpc) is 1.93. The summed E-state index contributed by atoms with van der Waals surface area (Å²) in [5.41, 5.74) is 2.49. The van der Waals surface area contributed by atoms with E-state index >= 15 is 0 Å². The highest BCUT2D eigenvalue weighted by Crippen LogP contribution is 2.38. The summed E-state index contributed by atoms with van der Waals surface area (Å²) >= 11 is 3.42. The SMILES string of the molecule is O=CC1Cc2cccc(Br)c21. The van der Waals surface area contributed by atoms with Crippen LogP contribution >= 0.6 is 15.9 Å². The number of hydrogen-bond donors (Lipinski definition) is 0. The van der Waals surface area contributed by atoms with Crippen molar-refractivity contribution in [2.75, 3.05) is 0 Å². The molecule has 1 aromatic carbocycles. The predicted octanol–water partition coefficient (Wildman–Crippen LogP) is 2.29. The number of aldehydes is 1. The summed E-state index contributed by atoms with van der Waals surface area (Å²) in [6.45, 7) is 0. The molecule has 0 saturated carbocycles. The third-order valence-corrected chi connectivity index (χ3v) is 2.81.